The number of hydrogen-bond donors (Lipinski definition) is 0. The van der Waals surface area contributed by atoms with Gasteiger partial charge in [-0.3, -0.25) is 4.79 Å². The zero-order valence-corrected chi connectivity index (χ0v) is 8.99. The van der Waals surface area contributed by atoms with E-state index in [9.17, 15) is 18.0 Å². The van der Waals surface area contributed by atoms with E-state index in [1.54, 1.807) is 0 Å². The van der Waals surface area contributed by atoms with Gasteiger partial charge in [-0.05, 0) is 24.5 Å². The van der Waals surface area contributed by atoms with Crippen LogP contribution in [0.15, 0.2) is 12.3 Å². The van der Waals surface area contributed by atoms with Crippen LogP contribution in [0.3, 0.4) is 0 Å². The Kier molecular flexibility index (Phi) is 2.84. The van der Waals surface area contributed by atoms with Gasteiger partial charge in [0, 0.05) is 12.6 Å². The molecule has 0 saturated heterocycles. The smallest absolute Gasteiger partial charge is 0.295 e. The minimum Gasteiger partial charge on any atom is -0.295 e. The van der Waals surface area contributed by atoms with Crippen LogP contribution in [0.2, 0.25) is 0 Å². The third kappa shape index (κ3) is 2.32. The van der Waals surface area contributed by atoms with Gasteiger partial charge >= 0.3 is 6.18 Å². The SMILES string of the molecule is O=C1C=C(c2cnc(C(F)(F)F)s2)CCC1. The van der Waals surface area contributed by atoms with Crippen molar-refractivity contribution in [2.45, 2.75) is 25.4 Å². The minimum atomic E-state index is -4.40. The second-order valence-electron chi connectivity index (χ2n) is 3.52. The van der Waals surface area contributed by atoms with Crippen molar-refractivity contribution in [1.82, 2.24) is 4.98 Å². The summed E-state index contributed by atoms with van der Waals surface area (Å²) in [4.78, 5) is 14.9. The molecule has 1 aromatic rings. The van der Waals surface area contributed by atoms with E-state index in [0.29, 0.717) is 41.0 Å². The molecule has 0 aromatic carbocycles. The zero-order valence-electron chi connectivity index (χ0n) is 8.17. The first kappa shape index (κ1) is 11.3. The normalized spacial score (nSPS) is 17.4. The van der Waals surface area contributed by atoms with Crippen LogP contribution >= 0.6 is 11.3 Å². The minimum absolute atomic E-state index is 0.0248. The van der Waals surface area contributed by atoms with E-state index in [2.05, 4.69) is 4.98 Å². The number of ketones is 1. The summed E-state index contributed by atoms with van der Waals surface area (Å²) in [7, 11) is 0. The Balaban J connectivity index is 2.29. The predicted octanol–water partition coefficient (Wildman–Crippen LogP) is 3.30. The lowest BCUT2D eigenvalue weighted by molar-refractivity contribution is -0.137. The van der Waals surface area contributed by atoms with Gasteiger partial charge in [-0.2, -0.15) is 13.2 Å². The molecule has 1 aliphatic carbocycles. The summed E-state index contributed by atoms with van der Waals surface area (Å²) < 4.78 is 36.9. The number of alkyl halides is 3. The molecule has 6 heteroatoms. The maximum Gasteiger partial charge on any atom is 0.443 e. The van der Waals surface area contributed by atoms with Crippen molar-refractivity contribution < 1.29 is 18.0 Å². The molecule has 1 aromatic heterocycles. The molecule has 0 N–H and O–H groups in total. The average Bonchev–Trinajstić information content (AvgIpc) is 2.65. The summed E-state index contributed by atoms with van der Waals surface area (Å²) in [5.74, 6) is -0.0248. The van der Waals surface area contributed by atoms with E-state index >= 15 is 0 Å². The molecule has 86 valence electrons. The molecule has 0 spiro atoms. The van der Waals surface area contributed by atoms with E-state index in [1.807, 2.05) is 0 Å². The molecule has 1 aliphatic rings. The van der Waals surface area contributed by atoms with E-state index in [1.165, 1.54) is 12.3 Å². The van der Waals surface area contributed by atoms with Gasteiger partial charge in [0.1, 0.15) is 0 Å². The number of carbonyl (C=O) groups excluding carboxylic acids is 1. The lowest BCUT2D eigenvalue weighted by atomic mass is 9.98. The van der Waals surface area contributed by atoms with Gasteiger partial charge in [0.15, 0.2) is 10.8 Å². The van der Waals surface area contributed by atoms with Gasteiger partial charge in [0.25, 0.3) is 0 Å². The zero-order chi connectivity index (χ0) is 11.8. The highest BCUT2D eigenvalue weighted by molar-refractivity contribution is 7.12. The van der Waals surface area contributed by atoms with Crippen molar-refractivity contribution in [2.75, 3.05) is 0 Å². The summed E-state index contributed by atoms with van der Waals surface area (Å²) in [6, 6.07) is 0. The van der Waals surface area contributed by atoms with Crippen molar-refractivity contribution in [3.8, 4) is 0 Å². The monoisotopic (exact) mass is 247 g/mol. The number of thiazole rings is 1. The van der Waals surface area contributed by atoms with Crippen molar-refractivity contribution in [1.29, 1.82) is 0 Å². The highest BCUT2D eigenvalue weighted by atomic mass is 32.1. The van der Waals surface area contributed by atoms with Gasteiger partial charge in [0.2, 0.25) is 0 Å². The Morgan fingerprint density at radius 2 is 2.06 bits per heavy atom. The summed E-state index contributed by atoms with van der Waals surface area (Å²) in [5, 5.41) is -0.860. The number of aromatic nitrogens is 1. The van der Waals surface area contributed by atoms with Crippen molar-refractivity contribution in [3.63, 3.8) is 0 Å². The molecule has 16 heavy (non-hydrogen) atoms. The van der Waals surface area contributed by atoms with Crippen LogP contribution in [0.1, 0.15) is 29.1 Å². The first-order valence-corrected chi connectivity index (χ1v) is 5.55. The largest absolute Gasteiger partial charge is 0.443 e. The van der Waals surface area contributed by atoms with Crippen molar-refractivity contribution in [3.05, 3.63) is 22.2 Å². The quantitative estimate of drug-likeness (QED) is 0.762. The molecule has 0 unspecified atom stereocenters. The van der Waals surface area contributed by atoms with Crippen LogP contribution in [0.25, 0.3) is 5.57 Å². The van der Waals surface area contributed by atoms with Gasteiger partial charge < -0.3 is 0 Å². The van der Waals surface area contributed by atoms with Crippen LogP contribution in [0.4, 0.5) is 13.2 Å². The Morgan fingerprint density at radius 3 is 2.62 bits per heavy atom. The van der Waals surface area contributed by atoms with Crippen LogP contribution < -0.4 is 0 Å². The Labute approximate surface area is 93.8 Å². The second kappa shape index (κ2) is 4.01. The fourth-order valence-corrected chi connectivity index (χ4v) is 2.37. The van der Waals surface area contributed by atoms with Crippen LogP contribution in [0, 0.1) is 0 Å². The molecule has 0 amide bonds. The molecule has 0 radical (unpaired) electrons. The maximum absolute atomic E-state index is 12.3. The van der Waals surface area contributed by atoms with Crippen LogP contribution in [-0.4, -0.2) is 10.8 Å². The van der Waals surface area contributed by atoms with E-state index in [0.717, 1.165) is 0 Å². The molecule has 0 saturated carbocycles. The number of hydrogen-bond acceptors (Lipinski definition) is 3. The summed E-state index contributed by atoms with van der Waals surface area (Å²) in [5.41, 5.74) is 0.671. The number of allylic oxidation sites excluding steroid dienone is 2. The van der Waals surface area contributed by atoms with Gasteiger partial charge in [-0.1, -0.05) is 0 Å². The topological polar surface area (TPSA) is 30.0 Å². The maximum atomic E-state index is 12.3. The van der Waals surface area contributed by atoms with Crippen molar-refractivity contribution in [2.24, 2.45) is 0 Å². The van der Waals surface area contributed by atoms with E-state index in [4.69, 9.17) is 0 Å². The highest BCUT2D eigenvalue weighted by Gasteiger charge is 2.34. The number of rotatable bonds is 1. The van der Waals surface area contributed by atoms with Gasteiger partial charge in [-0.15, -0.1) is 11.3 Å². The standard InChI is InChI=1S/C10H8F3NOS/c11-10(12,13)9-14-5-8(16-9)6-2-1-3-7(15)4-6/h4-5H,1-3H2. The molecular formula is C10H8F3NOS. The molecule has 0 aliphatic heterocycles. The Bertz CT molecular complexity index is 447. The third-order valence-corrected chi connectivity index (χ3v) is 3.39. The second-order valence-corrected chi connectivity index (χ2v) is 4.55. The number of carbonyl (C=O) groups is 1. The predicted molar refractivity (Wildman–Crippen MR) is 54.0 cm³/mol. The number of nitrogens with zero attached hydrogens (tertiary/aromatic N) is 1. The summed E-state index contributed by atoms with van der Waals surface area (Å²) in [6.45, 7) is 0. The van der Waals surface area contributed by atoms with E-state index in [-0.39, 0.29) is 5.78 Å². The van der Waals surface area contributed by atoms with Crippen LogP contribution in [0.5, 0.6) is 0 Å². The van der Waals surface area contributed by atoms with Gasteiger partial charge in [-0.25, -0.2) is 4.98 Å². The fraction of sp³-hybridized carbons (Fsp3) is 0.400. The summed E-state index contributed by atoms with van der Waals surface area (Å²) in [6.07, 6.45) is 0.0425. The van der Waals surface area contributed by atoms with Gasteiger partial charge in [0.05, 0.1) is 4.88 Å². The van der Waals surface area contributed by atoms with E-state index < -0.39 is 11.2 Å². The molecule has 2 nitrogen and oxygen atoms in total. The Morgan fingerprint density at radius 1 is 1.31 bits per heavy atom. The first-order chi connectivity index (χ1) is 7.47. The number of halogens is 3. The lowest BCUT2D eigenvalue weighted by Crippen LogP contribution is -2.03. The summed E-state index contributed by atoms with van der Waals surface area (Å²) >= 11 is 0.592. The molecule has 1 heterocycles. The molecular weight excluding hydrogens is 239 g/mol. The van der Waals surface area contributed by atoms with Crippen molar-refractivity contribution >= 4 is 22.7 Å². The Hall–Kier alpha value is -1.17. The van der Waals surface area contributed by atoms with Crippen LogP contribution in [-0.2, 0) is 11.0 Å². The molecule has 0 fully saturated rings. The molecule has 2 rings (SSSR count). The highest BCUT2D eigenvalue weighted by Crippen LogP contribution is 2.36. The molecule has 0 atom stereocenters. The third-order valence-electron chi connectivity index (χ3n) is 2.27. The first-order valence-electron chi connectivity index (χ1n) is 4.73. The average molecular weight is 247 g/mol. The molecule has 0 bridgehead atoms. The lowest BCUT2D eigenvalue weighted by Gasteiger charge is -2.09. The fourth-order valence-electron chi connectivity index (χ4n) is 1.54.